The highest BCUT2D eigenvalue weighted by molar-refractivity contribution is 8.23. The summed E-state index contributed by atoms with van der Waals surface area (Å²) in [6.45, 7) is 5.55. The van der Waals surface area contributed by atoms with E-state index in [1.54, 1.807) is 31.2 Å². The van der Waals surface area contributed by atoms with Gasteiger partial charge in [0.2, 0.25) is 0 Å². The molecule has 1 fully saturated rings. The summed E-state index contributed by atoms with van der Waals surface area (Å²) in [7, 11) is 2.10. The second-order valence-corrected chi connectivity index (χ2v) is 7.76. The summed E-state index contributed by atoms with van der Waals surface area (Å²) in [6, 6.07) is 7.03. The zero-order valence-corrected chi connectivity index (χ0v) is 15.5. The second kappa shape index (κ2) is 7.17. The molecule has 3 rings (SSSR count). The largest absolute Gasteiger partial charge is 0.355 e. The number of piperazine rings is 1. The van der Waals surface area contributed by atoms with Crippen LogP contribution in [-0.4, -0.2) is 64.7 Å². The number of hydrogen-bond donors (Lipinski definition) is 0. The van der Waals surface area contributed by atoms with Crippen LogP contribution in [0.25, 0.3) is 0 Å². The molecule has 0 unspecified atom stereocenters. The van der Waals surface area contributed by atoms with Crippen molar-refractivity contribution in [2.24, 2.45) is 0 Å². The average Bonchev–Trinajstić information content (AvgIpc) is 2.60. The highest BCUT2D eigenvalue weighted by atomic mass is 32.2. The fourth-order valence-electron chi connectivity index (χ4n) is 2.94. The maximum absolute atomic E-state index is 12.7. The number of thiocarbonyl (C=S) groups is 1. The van der Waals surface area contributed by atoms with Crippen LogP contribution in [0.1, 0.15) is 27.6 Å². The molecule has 126 valence electrons. The van der Waals surface area contributed by atoms with Crippen molar-refractivity contribution in [3.8, 4) is 0 Å². The lowest BCUT2D eigenvalue weighted by Gasteiger charge is -2.33. The first-order valence-corrected chi connectivity index (χ1v) is 9.37. The van der Waals surface area contributed by atoms with E-state index in [-0.39, 0.29) is 11.6 Å². The molecule has 6 heteroatoms. The van der Waals surface area contributed by atoms with Gasteiger partial charge >= 0.3 is 0 Å². The number of rotatable bonds is 2. The number of allylic oxidation sites excluding steroid dienone is 1. The van der Waals surface area contributed by atoms with Gasteiger partial charge in [-0.05, 0) is 14.0 Å². The molecular weight excluding hydrogens is 340 g/mol. The first-order valence-electron chi connectivity index (χ1n) is 7.97. The van der Waals surface area contributed by atoms with Gasteiger partial charge in [-0.15, -0.1) is 0 Å². The van der Waals surface area contributed by atoms with E-state index in [1.165, 1.54) is 11.8 Å². The molecule has 4 nitrogen and oxygen atoms in total. The van der Waals surface area contributed by atoms with Crippen LogP contribution in [0, 0.1) is 0 Å². The summed E-state index contributed by atoms with van der Waals surface area (Å²) in [5.74, 6) is 0.360. The van der Waals surface area contributed by atoms with E-state index < -0.39 is 0 Å². The average molecular weight is 361 g/mol. The fraction of sp³-hybridized carbons (Fsp3) is 0.389. The molecule has 0 spiro atoms. The van der Waals surface area contributed by atoms with Gasteiger partial charge in [-0.2, -0.15) is 0 Å². The maximum Gasteiger partial charge on any atom is 0.191 e. The van der Waals surface area contributed by atoms with E-state index in [0.29, 0.717) is 28.0 Å². The Morgan fingerprint density at radius 2 is 1.67 bits per heavy atom. The van der Waals surface area contributed by atoms with Crippen molar-refractivity contribution in [1.29, 1.82) is 0 Å². The van der Waals surface area contributed by atoms with Gasteiger partial charge in [0, 0.05) is 54.2 Å². The Bertz CT molecular complexity index is 734. The second-order valence-electron chi connectivity index (χ2n) is 6.15. The lowest BCUT2D eigenvalue weighted by Crippen LogP contribution is -2.45. The van der Waals surface area contributed by atoms with Crippen LogP contribution in [0.3, 0.4) is 0 Å². The van der Waals surface area contributed by atoms with Crippen molar-refractivity contribution in [3.63, 3.8) is 0 Å². The first-order chi connectivity index (χ1) is 11.5. The van der Waals surface area contributed by atoms with Crippen molar-refractivity contribution < 1.29 is 9.59 Å². The number of likely N-dealkylation sites (N-methyl/N-ethyl adjacent to an activating group) is 1. The minimum atomic E-state index is -0.0497. The minimum Gasteiger partial charge on any atom is -0.355 e. The van der Waals surface area contributed by atoms with Crippen LogP contribution in [0.2, 0.25) is 0 Å². The monoisotopic (exact) mass is 360 g/mol. The van der Waals surface area contributed by atoms with Crippen molar-refractivity contribution in [2.45, 2.75) is 6.92 Å². The third-order valence-electron chi connectivity index (χ3n) is 4.59. The van der Waals surface area contributed by atoms with Crippen molar-refractivity contribution in [1.82, 2.24) is 9.80 Å². The predicted octanol–water partition coefficient (Wildman–Crippen LogP) is 2.65. The molecular formula is C18H20N2O2S2. The molecule has 1 aromatic rings. The Morgan fingerprint density at radius 3 is 2.29 bits per heavy atom. The molecule has 0 atom stereocenters. The number of nitrogens with zero attached hydrogens (tertiary/aromatic N) is 2. The molecule has 1 aliphatic carbocycles. The highest BCUT2D eigenvalue weighted by Crippen LogP contribution is 2.28. The molecule has 0 aromatic heterocycles. The van der Waals surface area contributed by atoms with E-state index in [1.807, 2.05) is 0 Å². The molecule has 2 aliphatic rings. The Hall–Kier alpha value is -1.50. The van der Waals surface area contributed by atoms with Gasteiger partial charge in [0.05, 0.1) is 0 Å². The molecule has 24 heavy (non-hydrogen) atoms. The highest BCUT2D eigenvalue weighted by Gasteiger charge is 2.29. The van der Waals surface area contributed by atoms with Crippen LogP contribution in [0.4, 0.5) is 0 Å². The van der Waals surface area contributed by atoms with Gasteiger partial charge < -0.3 is 9.80 Å². The maximum atomic E-state index is 12.7. The van der Waals surface area contributed by atoms with Gasteiger partial charge in [-0.25, -0.2) is 0 Å². The number of thioether (sulfide) groups is 1. The van der Waals surface area contributed by atoms with Gasteiger partial charge in [0.1, 0.15) is 4.32 Å². The van der Waals surface area contributed by atoms with E-state index in [4.69, 9.17) is 12.2 Å². The van der Waals surface area contributed by atoms with Gasteiger partial charge in [-0.1, -0.05) is 48.2 Å². The number of ketones is 2. The Labute approximate surface area is 151 Å². The molecule has 1 saturated heterocycles. The number of hydrogen-bond acceptors (Lipinski definition) is 5. The van der Waals surface area contributed by atoms with E-state index in [9.17, 15) is 9.59 Å². The third-order valence-corrected chi connectivity index (χ3v) is 6.14. The molecule has 0 saturated carbocycles. The SMILES string of the molecule is CC1=C(CSC(=S)N2CCN(C)CC2)C(=O)c2ccccc2C1=O. The number of Topliss-reactive ketones (excluding diaryl/α,β-unsaturated/α-hetero) is 2. The molecule has 0 bridgehead atoms. The number of benzene rings is 1. The zero-order chi connectivity index (χ0) is 17.3. The Kier molecular flexibility index (Phi) is 5.18. The smallest absolute Gasteiger partial charge is 0.191 e. The van der Waals surface area contributed by atoms with Crippen LogP contribution in [-0.2, 0) is 0 Å². The zero-order valence-electron chi connectivity index (χ0n) is 13.9. The van der Waals surface area contributed by atoms with E-state index in [2.05, 4.69) is 16.8 Å². The lowest BCUT2D eigenvalue weighted by molar-refractivity contribution is 0.0975. The van der Waals surface area contributed by atoms with Crippen molar-refractivity contribution >= 4 is 39.9 Å². The summed E-state index contributed by atoms with van der Waals surface area (Å²) in [5.41, 5.74) is 2.15. The summed E-state index contributed by atoms with van der Waals surface area (Å²) in [5, 5.41) is 0. The number of fused-ring (bicyclic) bond motifs is 1. The van der Waals surface area contributed by atoms with E-state index in [0.717, 1.165) is 30.5 Å². The molecule has 1 aliphatic heterocycles. The summed E-state index contributed by atoms with van der Waals surface area (Å²) < 4.78 is 0.808. The van der Waals surface area contributed by atoms with Crippen LogP contribution in [0.5, 0.6) is 0 Å². The summed E-state index contributed by atoms with van der Waals surface area (Å²) in [6.07, 6.45) is 0. The number of carbonyl (C=O) groups is 2. The Balaban J connectivity index is 1.71. The van der Waals surface area contributed by atoms with Crippen molar-refractivity contribution in [3.05, 3.63) is 46.5 Å². The van der Waals surface area contributed by atoms with Gasteiger partial charge in [0.15, 0.2) is 11.6 Å². The topological polar surface area (TPSA) is 40.6 Å². The third kappa shape index (κ3) is 3.31. The van der Waals surface area contributed by atoms with E-state index >= 15 is 0 Å². The summed E-state index contributed by atoms with van der Waals surface area (Å²) >= 11 is 7.00. The summed E-state index contributed by atoms with van der Waals surface area (Å²) in [4.78, 5) is 29.7. The predicted molar refractivity (Wildman–Crippen MR) is 102 cm³/mol. The lowest BCUT2D eigenvalue weighted by atomic mass is 9.85. The fourth-order valence-corrected chi connectivity index (χ4v) is 4.28. The minimum absolute atomic E-state index is 0.0450. The van der Waals surface area contributed by atoms with Gasteiger partial charge in [-0.3, -0.25) is 9.59 Å². The Morgan fingerprint density at radius 1 is 1.08 bits per heavy atom. The normalized spacial score (nSPS) is 18.8. The quantitative estimate of drug-likeness (QED) is 0.755. The van der Waals surface area contributed by atoms with Crippen LogP contribution >= 0.6 is 24.0 Å². The molecule has 0 amide bonds. The standard InChI is InChI=1S/C18H20N2O2S2/c1-12-15(11-24-18(23)20-9-7-19(2)8-10-20)17(22)14-6-4-3-5-13(14)16(12)21/h3-6H,7-11H2,1-2H3. The van der Waals surface area contributed by atoms with Crippen molar-refractivity contribution in [2.75, 3.05) is 39.0 Å². The molecule has 0 radical (unpaired) electrons. The van der Waals surface area contributed by atoms with Crippen LogP contribution in [0.15, 0.2) is 35.4 Å². The molecule has 1 heterocycles. The van der Waals surface area contributed by atoms with Gasteiger partial charge in [0.25, 0.3) is 0 Å². The van der Waals surface area contributed by atoms with Crippen LogP contribution < -0.4 is 0 Å². The molecule has 1 aromatic carbocycles. The number of carbonyl (C=O) groups excluding carboxylic acids is 2. The molecule has 0 N–H and O–H groups in total. The first kappa shape index (κ1) is 17.3.